The Morgan fingerprint density at radius 3 is 2.58 bits per heavy atom. The molecule has 0 aromatic heterocycles. The second-order valence-electron chi connectivity index (χ2n) is 9.70. The maximum Gasteiger partial charge on any atom is 0.253 e. The van der Waals surface area contributed by atoms with Gasteiger partial charge in [0.05, 0.1) is 5.71 Å². The highest BCUT2D eigenvalue weighted by Gasteiger charge is 2.30. The predicted octanol–water partition coefficient (Wildman–Crippen LogP) is 4.37. The summed E-state index contributed by atoms with van der Waals surface area (Å²) in [5.74, 6) is 0.772. The first-order valence-electron chi connectivity index (χ1n) is 11.1. The zero-order valence-corrected chi connectivity index (χ0v) is 18.6. The third kappa shape index (κ3) is 4.55. The van der Waals surface area contributed by atoms with Crippen molar-refractivity contribution in [3.8, 4) is 0 Å². The molecule has 31 heavy (non-hydrogen) atoms. The van der Waals surface area contributed by atoms with E-state index in [9.17, 15) is 9.59 Å². The van der Waals surface area contributed by atoms with Gasteiger partial charge in [-0.05, 0) is 47.4 Å². The number of aldehydes is 1. The van der Waals surface area contributed by atoms with E-state index in [-0.39, 0.29) is 5.91 Å². The van der Waals surface area contributed by atoms with Crippen molar-refractivity contribution in [2.24, 2.45) is 16.4 Å². The molecule has 5 heteroatoms. The van der Waals surface area contributed by atoms with Crippen LogP contribution in [0, 0.1) is 11.3 Å². The molecule has 0 radical (unpaired) electrons. The van der Waals surface area contributed by atoms with Gasteiger partial charge in [-0.1, -0.05) is 57.2 Å². The highest BCUT2D eigenvalue weighted by Crippen LogP contribution is 2.34. The lowest BCUT2D eigenvalue weighted by atomic mass is 9.75. The molecule has 2 aliphatic rings. The van der Waals surface area contributed by atoms with Gasteiger partial charge in [-0.3, -0.25) is 10.2 Å². The second kappa shape index (κ2) is 8.66. The maximum absolute atomic E-state index is 13.1. The van der Waals surface area contributed by atoms with Crippen molar-refractivity contribution >= 4 is 17.9 Å². The quantitative estimate of drug-likeness (QED) is 0.751. The number of nitrogens with one attached hydrogen (secondary N) is 1. The lowest BCUT2D eigenvalue weighted by Gasteiger charge is -2.38. The van der Waals surface area contributed by atoms with Crippen LogP contribution in [-0.4, -0.2) is 35.9 Å². The van der Waals surface area contributed by atoms with Crippen LogP contribution in [0.1, 0.15) is 66.7 Å². The number of hydrogen-bond acceptors (Lipinski definition) is 4. The van der Waals surface area contributed by atoms with Gasteiger partial charge in [-0.2, -0.15) is 5.10 Å². The van der Waals surface area contributed by atoms with E-state index in [1.807, 2.05) is 53.4 Å². The van der Waals surface area contributed by atoms with Crippen LogP contribution in [0.15, 0.2) is 53.6 Å². The van der Waals surface area contributed by atoms with E-state index >= 15 is 0 Å². The van der Waals surface area contributed by atoms with E-state index in [0.29, 0.717) is 17.8 Å². The molecule has 5 nitrogen and oxygen atoms in total. The standard InChI is InChI=1S/C26H31N3O2/c1-26(2,3)20-11-13-29(14-12-20)25(31)19-8-6-7-18(15-19)16-23-21-9-4-5-10-22(21)24(17-30)28-27-23/h4-10,15,17,20,24,28H,11-14,16H2,1-3H3. The second-order valence-corrected chi connectivity index (χ2v) is 9.70. The molecular formula is C26H31N3O2. The Balaban J connectivity index is 1.48. The first-order chi connectivity index (χ1) is 14.9. The smallest absolute Gasteiger partial charge is 0.253 e. The van der Waals surface area contributed by atoms with Crippen LogP contribution >= 0.6 is 0 Å². The Kier molecular flexibility index (Phi) is 5.94. The Hall–Kier alpha value is -2.95. The van der Waals surface area contributed by atoms with Gasteiger partial charge in [0.2, 0.25) is 0 Å². The first-order valence-corrected chi connectivity index (χ1v) is 11.1. The third-order valence-corrected chi connectivity index (χ3v) is 6.63. The maximum atomic E-state index is 13.1. The van der Waals surface area contributed by atoms with E-state index in [0.717, 1.165) is 60.2 Å². The minimum atomic E-state index is -0.413. The zero-order chi connectivity index (χ0) is 22.0. The summed E-state index contributed by atoms with van der Waals surface area (Å²) in [6.07, 6.45) is 3.60. The predicted molar refractivity (Wildman–Crippen MR) is 123 cm³/mol. The lowest BCUT2D eigenvalue weighted by molar-refractivity contribution is -0.109. The fraction of sp³-hybridized carbons (Fsp3) is 0.423. The molecule has 2 heterocycles. The van der Waals surface area contributed by atoms with Crippen LogP contribution in [0.5, 0.6) is 0 Å². The van der Waals surface area contributed by atoms with Gasteiger partial charge in [0, 0.05) is 30.6 Å². The molecule has 2 aliphatic heterocycles. The van der Waals surface area contributed by atoms with Gasteiger partial charge in [-0.25, -0.2) is 0 Å². The van der Waals surface area contributed by atoms with Crippen LogP contribution in [0.25, 0.3) is 0 Å². The van der Waals surface area contributed by atoms with Crippen molar-refractivity contribution < 1.29 is 9.59 Å². The number of carbonyl (C=O) groups excluding carboxylic acids is 2. The van der Waals surface area contributed by atoms with Crippen molar-refractivity contribution in [2.75, 3.05) is 13.1 Å². The molecule has 0 bridgehead atoms. The molecule has 1 N–H and O–H groups in total. The van der Waals surface area contributed by atoms with E-state index in [4.69, 9.17) is 0 Å². The first kappa shape index (κ1) is 21.3. The molecule has 2 aromatic rings. The molecule has 1 atom stereocenters. The lowest BCUT2D eigenvalue weighted by Crippen LogP contribution is -2.41. The van der Waals surface area contributed by atoms with Crippen molar-refractivity contribution in [1.29, 1.82) is 0 Å². The number of rotatable bonds is 4. The number of benzene rings is 2. The van der Waals surface area contributed by atoms with Gasteiger partial charge in [0.25, 0.3) is 5.91 Å². The Morgan fingerprint density at radius 2 is 1.87 bits per heavy atom. The fourth-order valence-corrected chi connectivity index (χ4v) is 4.69. The van der Waals surface area contributed by atoms with E-state index in [1.165, 1.54) is 0 Å². The van der Waals surface area contributed by atoms with E-state index in [1.54, 1.807) is 0 Å². The summed E-state index contributed by atoms with van der Waals surface area (Å²) >= 11 is 0. The van der Waals surface area contributed by atoms with Crippen LogP contribution in [0.2, 0.25) is 0 Å². The Labute approximate surface area is 184 Å². The highest BCUT2D eigenvalue weighted by atomic mass is 16.2. The zero-order valence-electron chi connectivity index (χ0n) is 18.6. The summed E-state index contributed by atoms with van der Waals surface area (Å²) in [7, 11) is 0. The molecular weight excluding hydrogens is 386 g/mol. The Bertz CT molecular complexity index is 998. The van der Waals surface area contributed by atoms with Crippen LogP contribution in [-0.2, 0) is 11.2 Å². The number of carbonyl (C=O) groups is 2. The largest absolute Gasteiger partial charge is 0.339 e. The number of fused-ring (bicyclic) bond motifs is 1. The number of hydrazone groups is 1. The molecule has 162 valence electrons. The summed E-state index contributed by atoms with van der Waals surface area (Å²) in [5, 5.41) is 4.45. The minimum Gasteiger partial charge on any atom is -0.339 e. The van der Waals surface area contributed by atoms with Gasteiger partial charge < -0.3 is 9.69 Å². The van der Waals surface area contributed by atoms with Gasteiger partial charge in [0.1, 0.15) is 12.3 Å². The molecule has 1 unspecified atom stereocenters. The SMILES string of the molecule is CC(C)(C)C1CCN(C(=O)c2cccc(CC3=NNC(C=O)c4ccccc43)c2)CC1. The number of piperidine rings is 1. The summed E-state index contributed by atoms with van der Waals surface area (Å²) in [6, 6.07) is 15.3. The average Bonchev–Trinajstić information content (AvgIpc) is 2.78. The van der Waals surface area contributed by atoms with Crippen molar-refractivity contribution in [2.45, 2.75) is 46.1 Å². The normalized spacial score (nSPS) is 19.3. The average molecular weight is 418 g/mol. The van der Waals surface area contributed by atoms with Crippen molar-refractivity contribution in [1.82, 2.24) is 10.3 Å². The summed E-state index contributed by atoms with van der Waals surface area (Å²) in [4.78, 5) is 26.5. The number of likely N-dealkylation sites (tertiary alicyclic amines) is 1. The van der Waals surface area contributed by atoms with Crippen LogP contribution < -0.4 is 5.43 Å². The summed E-state index contributed by atoms with van der Waals surface area (Å²) < 4.78 is 0. The Morgan fingerprint density at radius 1 is 1.13 bits per heavy atom. The van der Waals surface area contributed by atoms with Gasteiger partial charge >= 0.3 is 0 Å². The summed E-state index contributed by atoms with van der Waals surface area (Å²) in [6.45, 7) is 8.51. The topological polar surface area (TPSA) is 61.8 Å². The van der Waals surface area contributed by atoms with Crippen LogP contribution in [0.3, 0.4) is 0 Å². The minimum absolute atomic E-state index is 0.110. The summed E-state index contributed by atoms with van der Waals surface area (Å²) in [5.41, 5.74) is 7.81. The molecule has 1 amide bonds. The van der Waals surface area contributed by atoms with Gasteiger partial charge in [0.15, 0.2) is 0 Å². The number of hydrogen-bond donors (Lipinski definition) is 1. The van der Waals surface area contributed by atoms with Crippen molar-refractivity contribution in [3.05, 3.63) is 70.8 Å². The molecule has 1 saturated heterocycles. The number of amides is 1. The van der Waals surface area contributed by atoms with Crippen molar-refractivity contribution in [3.63, 3.8) is 0 Å². The molecule has 4 rings (SSSR count). The molecule has 1 fully saturated rings. The third-order valence-electron chi connectivity index (χ3n) is 6.63. The van der Waals surface area contributed by atoms with Gasteiger partial charge in [-0.15, -0.1) is 0 Å². The highest BCUT2D eigenvalue weighted by molar-refractivity contribution is 6.04. The molecule has 0 saturated carbocycles. The molecule has 0 aliphatic carbocycles. The van der Waals surface area contributed by atoms with Crippen LogP contribution in [0.4, 0.5) is 0 Å². The number of nitrogens with zero attached hydrogens (tertiary/aromatic N) is 2. The van der Waals surface area contributed by atoms with E-state index in [2.05, 4.69) is 31.3 Å². The van der Waals surface area contributed by atoms with E-state index < -0.39 is 6.04 Å². The molecule has 2 aromatic carbocycles. The monoisotopic (exact) mass is 417 g/mol. The fourth-order valence-electron chi connectivity index (χ4n) is 4.69. The molecule has 0 spiro atoms.